The normalized spacial score (nSPS) is 14.2. The van der Waals surface area contributed by atoms with Crippen molar-refractivity contribution in [3.63, 3.8) is 0 Å². The van der Waals surface area contributed by atoms with Gasteiger partial charge in [0.1, 0.15) is 19.3 Å². The Morgan fingerprint density at radius 1 is 0.537 bits per heavy atom. The number of nitrogens with one attached hydrogen (secondary N) is 1. The number of likely N-dealkylation sites (N-methyl/N-ethyl adjacent to an activating group) is 1. The van der Waals surface area contributed by atoms with E-state index in [1.54, 1.807) is 0 Å². The minimum atomic E-state index is -4.69. The van der Waals surface area contributed by atoms with Crippen LogP contribution in [-0.2, 0) is 27.9 Å². The first-order chi connectivity index (χ1) is 32.4. The third-order valence-corrected chi connectivity index (χ3v) is 13.2. The van der Waals surface area contributed by atoms with Crippen molar-refractivity contribution < 1.29 is 37.3 Å². The molecule has 0 aromatic rings. The van der Waals surface area contributed by atoms with Crippen LogP contribution < -0.4 is 10.2 Å². The van der Waals surface area contributed by atoms with E-state index in [1.165, 1.54) is 128 Å². The molecule has 67 heavy (non-hydrogen) atoms. The predicted octanol–water partition coefficient (Wildman–Crippen LogP) is 15.9. The van der Waals surface area contributed by atoms with Crippen molar-refractivity contribution in [2.45, 2.75) is 264 Å². The van der Waals surface area contributed by atoms with Crippen LogP contribution in [0.15, 0.2) is 48.6 Å². The molecule has 0 saturated carbocycles. The lowest BCUT2D eigenvalue weighted by molar-refractivity contribution is -0.870. The van der Waals surface area contributed by atoms with Gasteiger partial charge in [0.2, 0.25) is 5.91 Å². The van der Waals surface area contributed by atoms with E-state index in [9.17, 15) is 19.0 Å². The molecule has 0 spiro atoms. The molecular formula is C57H107N2O7P. The number of ether oxygens (including phenoxy) is 1. The summed E-state index contributed by atoms with van der Waals surface area (Å²) in [6.07, 6.45) is 56.4. The highest BCUT2D eigenvalue weighted by atomic mass is 31.2. The summed E-state index contributed by atoms with van der Waals surface area (Å²) in [5.41, 5.74) is 0. The highest BCUT2D eigenvalue weighted by molar-refractivity contribution is 7.45. The van der Waals surface area contributed by atoms with Crippen molar-refractivity contribution in [2.75, 3.05) is 40.9 Å². The maximum absolute atomic E-state index is 13.5. The number of hydrogen-bond donors (Lipinski definition) is 1. The second kappa shape index (κ2) is 47.6. The molecule has 0 bridgehead atoms. The Morgan fingerprint density at radius 2 is 0.955 bits per heavy atom. The number of nitrogens with zero attached hydrogens (tertiary/aromatic N) is 1. The van der Waals surface area contributed by atoms with Crippen molar-refractivity contribution in [1.82, 2.24) is 5.32 Å². The van der Waals surface area contributed by atoms with Crippen LogP contribution in [0.4, 0.5) is 0 Å². The van der Waals surface area contributed by atoms with Crippen LogP contribution in [0.5, 0.6) is 0 Å². The van der Waals surface area contributed by atoms with Gasteiger partial charge in [-0.15, -0.1) is 0 Å². The number of carbonyl (C=O) groups excluding carboxylic acids is 2. The van der Waals surface area contributed by atoms with Gasteiger partial charge in [-0.3, -0.25) is 14.2 Å². The molecule has 1 N–H and O–H groups in total. The summed E-state index contributed by atoms with van der Waals surface area (Å²) in [6.45, 7) is 6.72. The smallest absolute Gasteiger partial charge is 0.306 e. The first-order valence-electron chi connectivity index (χ1n) is 27.9. The average Bonchev–Trinajstić information content (AvgIpc) is 3.28. The van der Waals surface area contributed by atoms with Crippen LogP contribution >= 0.6 is 7.82 Å². The molecule has 0 aromatic carbocycles. The van der Waals surface area contributed by atoms with E-state index in [4.69, 9.17) is 13.8 Å². The number of unbranched alkanes of at least 4 members (excludes halogenated alkanes) is 28. The molecular weight excluding hydrogens is 856 g/mol. The zero-order chi connectivity index (χ0) is 49.4. The van der Waals surface area contributed by atoms with Crippen molar-refractivity contribution >= 4 is 19.7 Å². The van der Waals surface area contributed by atoms with Crippen LogP contribution in [0, 0.1) is 0 Å². The molecule has 9 nitrogen and oxygen atoms in total. The van der Waals surface area contributed by atoms with E-state index in [0.29, 0.717) is 23.9 Å². The van der Waals surface area contributed by atoms with Crippen LogP contribution in [0.3, 0.4) is 0 Å². The molecule has 0 aliphatic carbocycles. The number of quaternary nitrogens is 1. The zero-order valence-corrected chi connectivity index (χ0v) is 45.5. The molecule has 0 aliphatic heterocycles. The van der Waals surface area contributed by atoms with Gasteiger partial charge in [-0.2, -0.15) is 0 Å². The number of phosphoric ester groups is 1. The fourth-order valence-corrected chi connectivity index (χ4v) is 8.67. The molecule has 392 valence electrons. The monoisotopic (exact) mass is 963 g/mol. The van der Waals surface area contributed by atoms with Gasteiger partial charge in [-0.05, 0) is 63.9 Å². The maximum Gasteiger partial charge on any atom is 0.306 e. The number of phosphoric acid groups is 1. The first kappa shape index (κ1) is 65.0. The second-order valence-corrected chi connectivity index (χ2v) is 21.5. The minimum absolute atomic E-state index is 0.0253. The average molecular weight is 963 g/mol. The van der Waals surface area contributed by atoms with Gasteiger partial charge in [-0.1, -0.05) is 224 Å². The lowest BCUT2D eigenvalue weighted by atomic mass is 10.0. The highest BCUT2D eigenvalue weighted by Crippen LogP contribution is 2.38. The quantitative estimate of drug-likeness (QED) is 0.0212. The Balaban J connectivity index is 5.42. The van der Waals surface area contributed by atoms with Crippen LogP contribution in [0.2, 0.25) is 0 Å². The molecule has 0 heterocycles. The molecule has 0 radical (unpaired) electrons. The number of hydrogen-bond acceptors (Lipinski definition) is 7. The van der Waals surface area contributed by atoms with Gasteiger partial charge in [0.25, 0.3) is 7.82 Å². The Labute approximate surface area is 414 Å². The number of esters is 1. The summed E-state index contributed by atoms with van der Waals surface area (Å²) >= 11 is 0. The Bertz CT molecular complexity index is 1290. The van der Waals surface area contributed by atoms with E-state index in [-0.39, 0.29) is 24.9 Å². The summed E-state index contributed by atoms with van der Waals surface area (Å²) in [7, 11) is 1.17. The van der Waals surface area contributed by atoms with Crippen molar-refractivity contribution in [2.24, 2.45) is 0 Å². The largest absolute Gasteiger partial charge is 0.756 e. The molecule has 0 rings (SSSR count). The van der Waals surface area contributed by atoms with E-state index >= 15 is 0 Å². The first-order valence-corrected chi connectivity index (χ1v) is 29.4. The summed E-state index contributed by atoms with van der Waals surface area (Å²) in [6, 6.07) is -0.893. The topological polar surface area (TPSA) is 114 Å². The van der Waals surface area contributed by atoms with E-state index in [2.05, 4.69) is 62.5 Å². The van der Waals surface area contributed by atoms with Crippen LogP contribution in [0.25, 0.3) is 0 Å². The minimum Gasteiger partial charge on any atom is -0.756 e. The maximum atomic E-state index is 13.5. The summed E-state index contributed by atoms with van der Waals surface area (Å²) in [5, 5.41) is 3.01. The second-order valence-electron chi connectivity index (χ2n) is 20.1. The Kier molecular flexibility index (Phi) is 46.2. The van der Waals surface area contributed by atoms with Crippen molar-refractivity contribution in [3.05, 3.63) is 48.6 Å². The van der Waals surface area contributed by atoms with E-state index in [1.807, 2.05) is 33.3 Å². The highest BCUT2D eigenvalue weighted by Gasteiger charge is 2.27. The molecule has 0 saturated heterocycles. The third-order valence-electron chi connectivity index (χ3n) is 12.3. The standard InChI is InChI=1S/C57H107N2O7P/c1-7-10-13-16-19-22-25-28-31-34-37-40-43-46-49-56(60)58-54(53-65-67(62,63)64-52-51-59(4,5)6)55(48-45-42-39-36-33-30-27-24-21-18-15-12-9-3)66-57(61)50-47-44-41-38-35-32-29-26-23-20-17-14-11-8-2/h11,14,20,23,29,32,45,48,54-55H,7-10,12-13,15-19,21-22,24-28,30-31,33-44,46-47,49-53H2,1-6H3,(H-,58,60,62,63)/b14-11+,23-20+,32-29+,48-45+. The molecule has 10 heteroatoms. The Morgan fingerprint density at radius 3 is 1.43 bits per heavy atom. The fourth-order valence-electron chi connectivity index (χ4n) is 7.95. The van der Waals surface area contributed by atoms with Gasteiger partial charge in [0, 0.05) is 12.8 Å². The molecule has 0 fully saturated rings. The number of amides is 1. The van der Waals surface area contributed by atoms with Gasteiger partial charge >= 0.3 is 5.97 Å². The van der Waals surface area contributed by atoms with E-state index in [0.717, 1.165) is 83.5 Å². The van der Waals surface area contributed by atoms with Crippen LogP contribution in [-0.4, -0.2) is 69.4 Å². The van der Waals surface area contributed by atoms with Crippen molar-refractivity contribution in [3.8, 4) is 0 Å². The molecule has 0 aromatic heterocycles. The Hall–Kier alpha value is -2.03. The van der Waals surface area contributed by atoms with Gasteiger partial charge in [0.05, 0.1) is 33.8 Å². The van der Waals surface area contributed by atoms with Crippen molar-refractivity contribution in [1.29, 1.82) is 0 Å². The van der Waals surface area contributed by atoms with Crippen LogP contribution in [0.1, 0.15) is 252 Å². The van der Waals surface area contributed by atoms with Gasteiger partial charge in [0.15, 0.2) is 0 Å². The third kappa shape index (κ3) is 48.8. The summed E-state index contributed by atoms with van der Waals surface area (Å²) in [5.74, 6) is -0.561. The van der Waals surface area contributed by atoms with E-state index < -0.39 is 26.6 Å². The zero-order valence-electron chi connectivity index (χ0n) is 44.6. The summed E-state index contributed by atoms with van der Waals surface area (Å²) < 4.78 is 30.2. The molecule has 1 amide bonds. The molecule has 0 aliphatic rings. The predicted molar refractivity (Wildman–Crippen MR) is 284 cm³/mol. The number of rotatable bonds is 50. The van der Waals surface area contributed by atoms with Gasteiger partial charge < -0.3 is 28.5 Å². The fraction of sp³-hybridized carbons (Fsp3) is 0.825. The molecule has 3 unspecified atom stereocenters. The SMILES string of the molecule is CC/C=C/C/C=C/C/C=C/CCCCCCC(=O)OC(/C=C/CCCCCCCCCCCCC)C(COP(=O)([O-])OCC[N+](C)(C)C)NC(=O)CCCCCCCCCCCCCCCC. The number of allylic oxidation sites excluding steroid dienone is 7. The van der Waals surface area contributed by atoms with Gasteiger partial charge in [-0.25, -0.2) is 0 Å². The number of carbonyl (C=O) groups is 2. The lowest BCUT2D eigenvalue weighted by Crippen LogP contribution is -2.47. The lowest BCUT2D eigenvalue weighted by Gasteiger charge is -2.30. The molecule has 3 atom stereocenters. The summed E-state index contributed by atoms with van der Waals surface area (Å²) in [4.78, 5) is 39.8.